The van der Waals surface area contributed by atoms with E-state index in [4.69, 9.17) is 0 Å². The molecule has 1 amide bonds. The van der Waals surface area contributed by atoms with Crippen LogP contribution in [0.5, 0.6) is 0 Å². The highest BCUT2D eigenvalue weighted by molar-refractivity contribution is 7.98. The van der Waals surface area contributed by atoms with Gasteiger partial charge in [0.1, 0.15) is 5.01 Å². The van der Waals surface area contributed by atoms with Crippen molar-refractivity contribution in [2.45, 2.75) is 31.8 Å². The van der Waals surface area contributed by atoms with E-state index in [1.807, 2.05) is 50.4 Å². The van der Waals surface area contributed by atoms with Crippen molar-refractivity contribution in [3.8, 4) is 10.6 Å². The van der Waals surface area contributed by atoms with Gasteiger partial charge in [0.15, 0.2) is 0 Å². The van der Waals surface area contributed by atoms with E-state index in [1.165, 1.54) is 23.1 Å². The van der Waals surface area contributed by atoms with Crippen molar-refractivity contribution >= 4 is 39.9 Å². The Morgan fingerprint density at radius 3 is 2.72 bits per heavy atom. The van der Waals surface area contributed by atoms with Crippen LogP contribution >= 0.6 is 23.1 Å². The minimum atomic E-state index is -0.108. The number of amides is 1. The first-order chi connectivity index (χ1) is 14.0. The number of nitrogens with zero attached hydrogens (tertiary/aromatic N) is 6. The maximum Gasteiger partial charge on any atom is 0.253 e. The van der Waals surface area contributed by atoms with Crippen LogP contribution in [-0.4, -0.2) is 41.9 Å². The molecule has 0 aliphatic carbocycles. The lowest BCUT2D eigenvalue weighted by Crippen LogP contribution is -2.14. The Labute approximate surface area is 175 Å². The van der Waals surface area contributed by atoms with Crippen LogP contribution in [-0.2, 0) is 11.2 Å². The zero-order valence-electron chi connectivity index (χ0n) is 16.2. The van der Waals surface area contributed by atoms with Crippen LogP contribution in [0.15, 0.2) is 35.5 Å². The van der Waals surface area contributed by atoms with Crippen LogP contribution in [0.3, 0.4) is 0 Å². The van der Waals surface area contributed by atoms with Gasteiger partial charge in [-0.2, -0.15) is 4.98 Å². The predicted molar refractivity (Wildman–Crippen MR) is 114 cm³/mol. The summed E-state index contributed by atoms with van der Waals surface area (Å²) in [5, 5.41) is 17.5. The second-order valence-corrected chi connectivity index (χ2v) is 8.15. The molecule has 1 N–H and O–H groups in total. The molecule has 0 spiro atoms. The van der Waals surface area contributed by atoms with Crippen molar-refractivity contribution in [2.24, 2.45) is 0 Å². The average molecular weight is 426 g/mol. The van der Waals surface area contributed by atoms with E-state index >= 15 is 0 Å². The lowest BCUT2D eigenvalue weighted by molar-refractivity contribution is -0.116. The highest BCUT2D eigenvalue weighted by Crippen LogP contribution is 2.26. The summed E-state index contributed by atoms with van der Waals surface area (Å²) in [5.74, 6) is 0.475. The lowest BCUT2D eigenvalue weighted by atomic mass is 10.1. The fourth-order valence-electron chi connectivity index (χ4n) is 3.03. The third kappa shape index (κ3) is 4.13. The number of hydrogen-bond acceptors (Lipinski definition) is 8. The molecule has 3 aromatic heterocycles. The predicted octanol–water partition coefficient (Wildman–Crippen LogP) is 3.55. The van der Waals surface area contributed by atoms with E-state index in [0.29, 0.717) is 28.9 Å². The maximum absolute atomic E-state index is 12.4. The Morgan fingerprint density at radius 2 is 1.97 bits per heavy atom. The molecule has 0 saturated carbocycles. The van der Waals surface area contributed by atoms with E-state index in [0.717, 1.165) is 27.5 Å². The summed E-state index contributed by atoms with van der Waals surface area (Å²) >= 11 is 2.83. The van der Waals surface area contributed by atoms with Gasteiger partial charge in [-0.1, -0.05) is 53.4 Å². The summed E-state index contributed by atoms with van der Waals surface area (Å²) < 4.78 is 1.74. The van der Waals surface area contributed by atoms with Crippen LogP contribution in [0.4, 0.5) is 5.13 Å². The minimum absolute atomic E-state index is 0.108. The molecule has 0 bridgehead atoms. The number of hydrogen-bond donors (Lipinski definition) is 1. The molecule has 1 aromatic carbocycles. The van der Waals surface area contributed by atoms with E-state index in [-0.39, 0.29) is 5.91 Å². The van der Waals surface area contributed by atoms with E-state index < -0.39 is 0 Å². The molecule has 29 heavy (non-hydrogen) atoms. The molecule has 0 aliphatic rings. The third-order valence-corrected chi connectivity index (χ3v) is 5.93. The summed E-state index contributed by atoms with van der Waals surface area (Å²) in [7, 11) is 0. The van der Waals surface area contributed by atoms with Gasteiger partial charge in [-0.25, -0.2) is 9.50 Å². The zero-order valence-corrected chi connectivity index (χ0v) is 17.8. The van der Waals surface area contributed by atoms with Crippen LogP contribution < -0.4 is 5.32 Å². The van der Waals surface area contributed by atoms with Gasteiger partial charge in [0.25, 0.3) is 5.78 Å². The van der Waals surface area contributed by atoms with Crippen LogP contribution in [0.2, 0.25) is 0 Å². The van der Waals surface area contributed by atoms with Gasteiger partial charge in [-0.3, -0.25) is 4.79 Å². The number of carbonyl (C=O) groups is 1. The van der Waals surface area contributed by atoms with E-state index in [1.54, 1.807) is 4.52 Å². The number of fused-ring (bicyclic) bond motifs is 1. The number of nitrogens with one attached hydrogen (secondary N) is 1. The van der Waals surface area contributed by atoms with Gasteiger partial charge in [0, 0.05) is 23.4 Å². The van der Waals surface area contributed by atoms with Crippen molar-refractivity contribution in [1.82, 2.24) is 29.8 Å². The van der Waals surface area contributed by atoms with Gasteiger partial charge >= 0.3 is 0 Å². The number of aromatic nitrogens is 6. The molecule has 0 aliphatic heterocycles. The summed E-state index contributed by atoms with van der Waals surface area (Å²) in [6, 6.07) is 9.77. The molecule has 0 fully saturated rings. The molecule has 148 valence electrons. The van der Waals surface area contributed by atoms with Crippen LogP contribution in [0.25, 0.3) is 16.3 Å². The molecule has 0 radical (unpaired) electrons. The zero-order chi connectivity index (χ0) is 20.4. The molecule has 10 heteroatoms. The topological polar surface area (TPSA) is 98.0 Å². The molecular formula is C19H19N7OS2. The van der Waals surface area contributed by atoms with Gasteiger partial charge < -0.3 is 5.32 Å². The first-order valence-corrected chi connectivity index (χ1v) is 11.0. The van der Waals surface area contributed by atoms with E-state index in [9.17, 15) is 4.79 Å². The summed E-state index contributed by atoms with van der Waals surface area (Å²) in [6.45, 7) is 3.91. The molecule has 0 atom stereocenters. The molecule has 4 rings (SSSR count). The van der Waals surface area contributed by atoms with Crippen LogP contribution in [0, 0.1) is 13.8 Å². The number of anilines is 1. The number of carbonyl (C=O) groups excluding carboxylic acids is 1. The molecule has 3 heterocycles. The van der Waals surface area contributed by atoms with Gasteiger partial charge in [-0.15, -0.1) is 15.3 Å². The summed E-state index contributed by atoms with van der Waals surface area (Å²) in [4.78, 5) is 21.3. The van der Waals surface area contributed by atoms with Gasteiger partial charge in [0.05, 0.1) is 0 Å². The Hall–Kier alpha value is -2.85. The number of rotatable bonds is 6. The molecule has 0 unspecified atom stereocenters. The highest BCUT2D eigenvalue weighted by Gasteiger charge is 2.15. The summed E-state index contributed by atoms with van der Waals surface area (Å²) in [5.41, 5.74) is 3.81. The van der Waals surface area contributed by atoms with Crippen molar-refractivity contribution in [3.63, 3.8) is 0 Å². The monoisotopic (exact) mass is 425 g/mol. The molecule has 0 saturated heterocycles. The van der Waals surface area contributed by atoms with Crippen molar-refractivity contribution in [3.05, 3.63) is 47.3 Å². The third-order valence-electron chi connectivity index (χ3n) is 4.51. The minimum Gasteiger partial charge on any atom is -0.301 e. The second kappa shape index (κ2) is 8.26. The highest BCUT2D eigenvalue weighted by atomic mass is 32.2. The van der Waals surface area contributed by atoms with E-state index in [2.05, 4.69) is 30.6 Å². The van der Waals surface area contributed by atoms with Gasteiger partial charge in [-0.05, 0) is 32.1 Å². The first-order valence-electron chi connectivity index (χ1n) is 9.00. The van der Waals surface area contributed by atoms with Crippen molar-refractivity contribution in [1.29, 1.82) is 0 Å². The SMILES string of the molecule is CSc1nc2nc(C)c(CCC(=O)Nc3nnc(-c4ccccc4)s3)c(C)n2n1. The fourth-order valence-corrected chi connectivity index (χ4v) is 4.13. The first kappa shape index (κ1) is 19.5. The lowest BCUT2D eigenvalue weighted by Gasteiger charge is -2.09. The number of aryl methyl sites for hydroxylation is 2. The van der Waals surface area contributed by atoms with Crippen molar-refractivity contribution in [2.75, 3.05) is 11.6 Å². The Bertz CT molecular complexity index is 1170. The fraction of sp³-hybridized carbons (Fsp3) is 0.263. The normalized spacial score (nSPS) is 11.1. The second-order valence-electron chi connectivity index (χ2n) is 6.40. The Morgan fingerprint density at radius 1 is 1.17 bits per heavy atom. The Kier molecular flexibility index (Phi) is 5.54. The average Bonchev–Trinajstić information content (AvgIpc) is 3.35. The number of thioether (sulfide) groups is 1. The molecular weight excluding hydrogens is 406 g/mol. The number of benzene rings is 1. The summed E-state index contributed by atoms with van der Waals surface area (Å²) in [6.07, 6.45) is 2.81. The maximum atomic E-state index is 12.4. The van der Waals surface area contributed by atoms with Crippen LogP contribution in [0.1, 0.15) is 23.4 Å². The van der Waals surface area contributed by atoms with Gasteiger partial charge in [0.2, 0.25) is 16.2 Å². The molecule has 8 nitrogen and oxygen atoms in total. The Balaban J connectivity index is 1.44. The quantitative estimate of drug-likeness (QED) is 0.472. The molecule has 4 aromatic rings. The standard InChI is InChI=1S/C19H19N7OS2/c1-11-14(12(2)26-17(20-11)22-19(25-26)28-3)9-10-15(27)21-18-24-23-16(29-18)13-7-5-4-6-8-13/h4-8H,9-10H2,1-3H3,(H,21,24,27). The smallest absolute Gasteiger partial charge is 0.253 e. The van der Waals surface area contributed by atoms with Crippen molar-refractivity contribution < 1.29 is 4.79 Å². The largest absolute Gasteiger partial charge is 0.301 e.